The molecule has 0 radical (unpaired) electrons. The Bertz CT molecular complexity index is 469. The number of benzene rings is 1. The van der Waals surface area contributed by atoms with Crippen LogP contribution in [0, 0.1) is 0 Å². The summed E-state index contributed by atoms with van der Waals surface area (Å²) in [5.41, 5.74) is 0.680. The van der Waals surface area contributed by atoms with Gasteiger partial charge >= 0.3 is 17.2 Å². The normalized spacial score (nSPS) is 11.0. The molecule has 0 bridgehead atoms. The van der Waals surface area contributed by atoms with Crippen molar-refractivity contribution in [3.8, 4) is 0 Å². The fourth-order valence-electron chi connectivity index (χ4n) is 1.08. The van der Waals surface area contributed by atoms with Gasteiger partial charge in [-0.3, -0.25) is 5.04 Å². The number of carbonyl (C=O) groups excluding carboxylic acids is 2. The third-order valence-corrected chi connectivity index (χ3v) is 2.47. The molecule has 116 valence electrons. The van der Waals surface area contributed by atoms with Crippen molar-refractivity contribution in [1.29, 1.82) is 0 Å². The first-order valence-corrected chi connectivity index (χ1v) is 6.09. The van der Waals surface area contributed by atoms with E-state index in [1.807, 2.05) is 0 Å². The summed E-state index contributed by atoms with van der Waals surface area (Å²) < 4.78 is 37.9. The number of hydrogen-bond donors (Lipinski definition) is 0. The van der Waals surface area contributed by atoms with Gasteiger partial charge in [-0.2, -0.15) is 13.1 Å². The van der Waals surface area contributed by atoms with Gasteiger partial charge in [0.05, 0.1) is 0 Å². The number of rotatable bonds is 8. The topological polar surface area (TPSA) is 94.1 Å². The van der Waals surface area contributed by atoms with Crippen LogP contribution in [-0.4, -0.2) is 23.8 Å². The lowest BCUT2D eigenvalue weighted by molar-refractivity contribution is -0.777. The molecule has 0 N–H and O–H groups in total. The molecule has 0 unspecified atom stereocenters. The Kier molecular flexibility index (Phi) is 7.02. The van der Waals surface area contributed by atoms with Crippen molar-refractivity contribution in [3.63, 3.8) is 0 Å². The maximum absolute atomic E-state index is 12.9. The van der Waals surface area contributed by atoms with Gasteiger partial charge in [0.2, 0.25) is 0 Å². The fourth-order valence-corrected chi connectivity index (χ4v) is 1.32. The molecule has 7 nitrogen and oxygen atoms in total. The fraction of sp³-hybridized carbons (Fsp3) is 0.273. The third kappa shape index (κ3) is 6.49. The second kappa shape index (κ2) is 8.52. The van der Waals surface area contributed by atoms with Crippen LogP contribution in [0.4, 0.5) is 8.78 Å². The number of hydrogen-bond acceptors (Lipinski definition) is 8. The molecule has 0 amide bonds. The summed E-state index contributed by atoms with van der Waals surface area (Å²) in [5.74, 6) is -3.07. The Morgan fingerprint density at radius 1 is 1.19 bits per heavy atom. The largest absolute Gasteiger partial charge is 0.691 e. The second-order valence-electron chi connectivity index (χ2n) is 3.46. The Hall–Kier alpha value is -1.75. The van der Waals surface area contributed by atoms with Gasteiger partial charge in [0.25, 0.3) is 0 Å². The van der Waals surface area contributed by atoms with Gasteiger partial charge in [0, 0.05) is 0 Å². The van der Waals surface area contributed by atoms with Gasteiger partial charge in [-0.25, -0.2) is 9.59 Å². The highest BCUT2D eigenvalue weighted by molar-refractivity contribution is 7.96. The zero-order chi connectivity index (χ0) is 15.7. The van der Waals surface area contributed by atoms with E-state index in [4.69, 9.17) is 4.74 Å². The standard InChI is InChI=1S/C11H10F2O7S/c12-11(13,21-20-19-16)10(15)18-7-9(14)17-6-8-4-2-1-3-5-8/h1-5,16H,6-7H2/p-1. The summed E-state index contributed by atoms with van der Waals surface area (Å²) >= 11 is -0.846. The van der Waals surface area contributed by atoms with Crippen LogP contribution >= 0.6 is 12.0 Å². The lowest BCUT2D eigenvalue weighted by Crippen LogP contribution is -2.30. The number of esters is 2. The van der Waals surface area contributed by atoms with E-state index in [1.165, 1.54) is 0 Å². The van der Waals surface area contributed by atoms with Crippen LogP contribution in [0.1, 0.15) is 5.56 Å². The first-order valence-electron chi connectivity index (χ1n) is 5.34. The molecular weight excluding hydrogens is 314 g/mol. The number of carbonyl (C=O) groups is 2. The van der Waals surface area contributed by atoms with Crippen molar-refractivity contribution in [2.24, 2.45) is 0 Å². The van der Waals surface area contributed by atoms with E-state index in [-0.39, 0.29) is 6.61 Å². The van der Waals surface area contributed by atoms with Gasteiger partial charge < -0.3 is 14.7 Å². The van der Waals surface area contributed by atoms with E-state index in [0.29, 0.717) is 5.56 Å². The summed E-state index contributed by atoms with van der Waals surface area (Å²) in [5, 5.41) is 7.87. The van der Waals surface area contributed by atoms with Crippen molar-refractivity contribution >= 4 is 24.0 Å². The van der Waals surface area contributed by atoms with Crippen molar-refractivity contribution in [2.75, 3.05) is 6.61 Å². The summed E-state index contributed by atoms with van der Waals surface area (Å²) in [6.07, 6.45) is 0. The van der Waals surface area contributed by atoms with Crippen LogP contribution in [0.2, 0.25) is 0 Å². The van der Waals surface area contributed by atoms with E-state index < -0.39 is 35.8 Å². The van der Waals surface area contributed by atoms with Crippen molar-refractivity contribution < 1.29 is 42.5 Å². The molecule has 0 saturated heterocycles. The van der Waals surface area contributed by atoms with Crippen LogP contribution in [0.5, 0.6) is 0 Å². The van der Waals surface area contributed by atoms with Crippen LogP contribution < -0.4 is 5.26 Å². The van der Waals surface area contributed by atoms with Crippen molar-refractivity contribution in [2.45, 2.75) is 11.9 Å². The Labute approximate surface area is 121 Å². The molecule has 0 aliphatic rings. The number of halogens is 2. The summed E-state index contributed by atoms with van der Waals surface area (Å²) in [6.45, 7) is -1.09. The number of alkyl halides is 2. The first kappa shape index (κ1) is 17.3. The molecule has 0 aliphatic carbocycles. The lowest BCUT2D eigenvalue weighted by Gasteiger charge is -2.13. The lowest BCUT2D eigenvalue weighted by atomic mass is 10.2. The smallest absolute Gasteiger partial charge is 0.415 e. The molecule has 10 heteroatoms. The van der Waals surface area contributed by atoms with Crippen LogP contribution in [0.3, 0.4) is 0 Å². The molecule has 0 saturated carbocycles. The van der Waals surface area contributed by atoms with Gasteiger partial charge in [-0.15, -0.1) is 0 Å². The maximum atomic E-state index is 12.9. The Morgan fingerprint density at radius 3 is 2.48 bits per heavy atom. The monoisotopic (exact) mass is 323 g/mol. The predicted molar refractivity (Wildman–Crippen MR) is 61.9 cm³/mol. The number of ether oxygens (including phenoxy) is 2. The molecule has 0 atom stereocenters. The molecule has 0 aromatic heterocycles. The van der Waals surface area contributed by atoms with Crippen LogP contribution in [0.25, 0.3) is 0 Å². The van der Waals surface area contributed by atoms with Gasteiger partial charge in [0.15, 0.2) is 6.61 Å². The summed E-state index contributed by atoms with van der Waals surface area (Å²) in [4.78, 5) is 22.1. The minimum atomic E-state index is -4.19. The van der Waals surface area contributed by atoms with E-state index in [1.54, 1.807) is 30.3 Å². The summed E-state index contributed by atoms with van der Waals surface area (Å²) in [7, 11) is 0. The highest BCUT2D eigenvalue weighted by Gasteiger charge is 2.44. The molecule has 1 aromatic carbocycles. The Morgan fingerprint density at radius 2 is 1.86 bits per heavy atom. The highest BCUT2D eigenvalue weighted by atomic mass is 32.2. The zero-order valence-electron chi connectivity index (χ0n) is 10.3. The molecule has 21 heavy (non-hydrogen) atoms. The summed E-state index contributed by atoms with van der Waals surface area (Å²) in [6, 6.07) is 8.58. The van der Waals surface area contributed by atoms with E-state index in [2.05, 4.69) is 14.1 Å². The molecule has 0 fully saturated rings. The molecule has 0 heterocycles. The minimum Gasteiger partial charge on any atom is -0.691 e. The molecule has 1 rings (SSSR count). The molecule has 0 spiro atoms. The first-order chi connectivity index (χ1) is 9.95. The average Bonchev–Trinajstić information content (AvgIpc) is 2.49. The molecular formula is C11H9F2O7S-. The van der Waals surface area contributed by atoms with Crippen molar-refractivity contribution in [1.82, 2.24) is 0 Å². The maximum Gasteiger partial charge on any atom is 0.415 e. The third-order valence-electron chi connectivity index (χ3n) is 1.97. The van der Waals surface area contributed by atoms with Crippen LogP contribution in [-0.2, 0) is 35.0 Å². The quantitative estimate of drug-likeness (QED) is 0.299. The Balaban J connectivity index is 2.30. The van der Waals surface area contributed by atoms with Gasteiger partial charge in [-0.1, -0.05) is 30.3 Å². The highest BCUT2D eigenvalue weighted by Crippen LogP contribution is 2.30. The average molecular weight is 323 g/mol. The zero-order valence-corrected chi connectivity index (χ0v) is 11.1. The van der Waals surface area contributed by atoms with E-state index in [0.717, 1.165) is 0 Å². The molecule has 0 aliphatic heterocycles. The van der Waals surface area contributed by atoms with Gasteiger partial charge in [-0.05, 0) is 5.56 Å². The predicted octanol–water partition coefficient (Wildman–Crippen LogP) is 0.737. The SMILES string of the molecule is O=C(COC(=O)C(F)(F)SOO[O-])OCc1ccccc1. The van der Waals surface area contributed by atoms with Crippen molar-refractivity contribution in [3.05, 3.63) is 35.9 Å². The second-order valence-corrected chi connectivity index (χ2v) is 4.27. The molecule has 1 aromatic rings. The van der Waals surface area contributed by atoms with Crippen LogP contribution in [0.15, 0.2) is 30.3 Å². The van der Waals surface area contributed by atoms with E-state index >= 15 is 0 Å². The van der Waals surface area contributed by atoms with E-state index in [9.17, 15) is 23.6 Å². The van der Waals surface area contributed by atoms with Gasteiger partial charge in [0.1, 0.15) is 18.6 Å². The minimum absolute atomic E-state index is 0.0878.